The van der Waals surface area contributed by atoms with E-state index in [0.717, 1.165) is 110 Å². The van der Waals surface area contributed by atoms with Crippen molar-refractivity contribution in [3.63, 3.8) is 0 Å². The van der Waals surface area contributed by atoms with E-state index in [0.29, 0.717) is 85.6 Å². The van der Waals surface area contributed by atoms with Crippen molar-refractivity contribution in [2.75, 3.05) is 105 Å². The zero-order chi connectivity index (χ0) is 42.1. The average molecular weight is 868 g/mol. The lowest BCUT2D eigenvalue weighted by atomic mass is 9.92. The van der Waals surface area contributed by atoms with Crippen LogP contribution in [-0.4, -0.2) is 125 Å². The molecule has 2 saturated heterocycles. The van der Waals surface area contributed by atoms with Gasteiger partial charge in [-0.25, -0.2) is 0 Å². The van der Waals surface area contributed by atoms with Crippen LogP contribution in [-0.2, 0) is 35.8 Å². The second-order valence-corrected chi connectivity index (χ2v) is 15.8. The predicted molar refractivity (Wildman–Crippen MR) is 236 cm³/mol. The van der Waals surface area contributed by atoms with Crippen LogP contribution in [0, 0.1) is 13.8 Å². The fraction of sp³-hybridized carbons (Fsp3) is 0.478. The summed E-state index contributed by atoms with van der Waals surface area (Å²) in [6, 6.07) is 20.0. The molecule has 6 rings (SSSR count). The van der Waals surface area contributed by atoms with Gasteiger partial charge in [0.15, 0.2) is 0 Å². The van der Waals surface area contributed by atoms with Gasteiger partial charge in [0.25, 0.3) is 0 Å². The highest BCUT2D eigenvalue weighted by Gasteiger charge is 2.18. The summed E-state index contributed by atoms with van der Waals surface area (Å²) >= 11 is 13.6. The van der Waals surface area contributed by atoms with E-state index in [1.54, 1.807) is 0 Å². The molecule has 0 aromatic heterocycles. The maximum atomic E-state index is 9.31. The molecular weight excluding hydrogens is 807 g/mol. The summed E-state index contributed by atoms with van der Waals surface area (Å²) in [5.41, 5.74) is 8.30. The van der Waals surface area contributed by atoms with Crippen molar-refractivity contribution in [3.05, 3.63) is 104 Å². The SMILES string of the molecule is Cc1c(COc2cc(OCCN3CCOCC3)c(CNCCO)cc2Cl)cccc1-c1cccc(COc2cc(OCCN3CCOCC3)c(CNCCO)cc2Cl)c1C. The number of morpholine rings is 2. The molecule has 2 aliphatic heterocycles. The van der Waals surface area contributed by atoms with Crippen LogP contribution in [0.15, 0.2) is 60.7 Å². The van der Waals surface area contributed by atoms with Gasteiger partial charge in [-0.05, 0) is 59.4 Å². The molecule has 4 aromatic rings. The first-order chi connectivity index (χ1) is 29.3. The fourth-order valence-electron chi connectivity index (χ4n) is 7.32. The highest BCUT2D eigenvalue weighted by atomic mass is 35.5. The summed E-state index contributed by atoms with van der Waals surface area (Å²) in [6.07, 6.45) is 0. The van der Waals surface area contributed by atoms with Gasteiger partial charge in [-0.15, -0.1) is 0 Å². The monoisotopic (exact) mass is 866 g/mol. The van der Waals surface area contributed by atoms with E-state index in [1.165, 1.54) is 0 Å². The number of nitrogens with one attached hydrogen (secondary N) is 2. The van der Waals surface area contributed by atoms with Gasteiger partial charge in [0.1, 0.15) is 49.4 Å². The first kappa shape index (κ1) is 45.9. The number of hydrogen-bond acceptors (Lipinski definition) is 12. The second kappa shape index (κ2) is 24.1. The number of aliphatic hydroxyl groups excluding tert-OH is 2. The predicted octanol–water partition coefficient (Wildman–Crippen LogP) is 6.02. The highest BCUT2D eigenvalue weighted by Crippen LogP contribution is 2.37. The van der Waals surface area contributed by atoms with E-state index in [2.05, 4.69) is 70.7 Å². The molecular formula is C46H60Cl2N4O8. The lowest BCUT2D eigenvalue weighted by molar-refractivity contribution is 0.0321. The minimum Gasteiger partial charge on any atom is -0.492 e. The summed E-state index contributed by atoms with van der Waals surface area (Å²) in [5, 5.41) is 26.1. The van der Waals surface area contributed by atoms with Crippen LogP contribution >= 0.6 is 23.2 Å². The molecule has 60 heavy (non-hydrogen) atoms. The van der Waals surface area contributed by atoms with Gasteiger partial charge in [-0.2, -0.15) is 0 Å². The molecule has 2 heterocycles. The van der Waals surface area contributed by atoms with Crippen molar-refractivity contribution < 1.29 is 38.6 Å². The Morgan fingerprint density at radius 1 is 0.567 bits per heavy atom. The third kappa shape index (κ3) is 13.2. The van der Waals surface area contributed by atoms with Gasteiger partial charge in [0, 0.05) is 88.7 Å². The number of benzene rings is 4. The quantitative estimate of drug-likeness (QED) is 0.0652. The Morgan fingerprint density at radius 3 is 1.38 bits per heavy atom. The van der Waals surface area contributed by atoms with Crippen molar-refractivity contribution in [2.24, 2.45) is 0 Å². The Balaban J connectivity index is 1.13. The average Bonchev–Trinajstić information content (AvgIpc) is 3.26. The molecule has 14 heteroatoms. The van der Waals surface area contributed by atoms with E-state index in [4.69, 9.17) is 51.6 Å². The van der Waals surface area contributed by atoms with Gasteiger partial charge in [0.2, 0.25) is 0 Å². The van der Waals surface area contributed by atoms with Crippen molar-refractivity contribution in [1.29, 1.82) is 0 Å². The molecule has 0 aliphatic carbocycles. The first-order valence-corrected chi connectivity index (χ1v) is 21.7. The molecule has 0 atom stereocenters. The first-order valence-electron chi connectivity index (χ1n) is 20.9. The van der Waals surface area contributed by atoms with E-state index in [1.807, 2.05) is 24.3 Å². The molecule has 0 radical (unpaired) electrons. The van der Waals surface area contributed by atoms with Gasteiger partial charge in [0.05, 0.1) is 49.7 Å². The van der Waals surface area contributed by atoms with Gasteiger partial charge >= 0.3 is 0 Å². The van der Waals surface area contributed by atoms with E-state index < -0.39 is 0 Å². The third-order valence-corrected chi connectivity index (χ3v) is 11.5. The molecule has 0 bridgehead atoms. The number of aliphatic hydroxyl groups is 2. The molecule has 0 spiro atoms. The Hall–Kier alpha value is -3.66. The fourth-order valence-corrected chi connectivity index (χ4v) is 7.80. The third-order valence-electron chi connectivity index (χ3n) is 10.9. The number of halogens is 2. The van der Waals surface area contributed by atoms with Crippen LogP contribution in [0.4, 0.5) is 0 Å². The van der Waals surface area contributed by atoms with Crippen LogP contribution in [0.25, 0.3) is 11.1 Å². The normalized spacial score (nSPS) is 15.0. The van der Waals surface area contributed by atoms with E-state index in [9.17, 15) is 10.2 Å². The Kier molecular flexibility index (Phi) is 18.4. The molecule has 0 saturated carbocycles. The number of rotatable bonds is 23. The second-order valence-electron chi connectivity index (χ2n) is 14.9. The smallest absolute Gasteiger partial charge is 0.142 e. The standard InChI is InChI=1S/C46H60Cl2N4O8/c1-33-35(31-59-45-27-43(37(25-41(45)47)29-49-9-17-53)57-23-15-51-11-19-55-20-12-51)5-3-7-39(33)40-8-4-6-36(34(40)2)32-60-46-28-44(38(26-42(46)48)30-50-10-18-54)58-24-16-52-13-21-56-22-14-52/h3-8,25-28,49-50,53-54H,9-24,29-32H2,1-2H3. The van der Waals surface area contributed by atoms with Crippen molar-refractivity contribution in [2.45, 2.75) is 40.2 Å². The number of nitrogens with zero attached hydrogens (tertiary/aromatic N) is 2. The van der Waals surface area contributed by atoms with Gasteiger partial charge < -0.3 is 49.3 Å². The number of ether oxygens (including phenoxy) is 6. The van der Waals surface area contributed by atoms with E-state index >= 15 is 0 Å². The topological polar surface area (TPSA) is 126 Å². The summed E-state index contributed by atoms with van der Waals surface area (Å²) in [5.74, 6) is 2.49. The molecule has 2 fully saturated rings. The van der Waals surface area contributed by atoms with Gasteiger partial charge in [-0.1, -0.05) is 59.6 Å². The van der Waals surface area contributed by atoms with Crippen LogP contribution < -0.4 is 29.6 Å². The Morgan fingerprint density at radius 2 is 0.983 bits per heavy atom. The van der Waals surface area contributed by atoms with Crippen LogP contribution in [0.3, 0.4) is 0 Å². The minimum absolute atomic E-state index is 0.0423. The van der Waals surface area contributed by atoms with Crippen LogP contribution in [0.1, 0.15) is 33.4 Å². The largest absolute Gasteiger partial charge is 0.492 e. The Bertz CT molecular complexity index is 1820. The molecule has 0 amide bonds. The number of hydrogen-bond donors (Lipinski definition) is 4. The van der Waals surface area contributed by atoms with Crippen LogP contribution in [0.2, 0.25) is 10.0 Å². The molecule has 2 aliphatic rings. The van der Waals surface area contributed by atoms with Gasteiger partial charge in [-0.3, -0.25) is 9.80 Å². The van der Waals surface area contributed by atoms with Crippen molar-refractivity contribution in [3.8, 4) is 34.1 Å². The summed E-state index contributed by atoms with van der Waals surface area (Å²) in [6.45, 7) is 16.0. The maximum absolute atomic E-state index is 9.31. The van der Waals surface area contributed by atoms with Crippen molar-refractivity contribution in [1.82, 2.24) is 20.4 Å². The maximum Gasteiger partial charge on any atom is 0.142 e. The molecule has 4 aromatic carbocycles. The van der Waals surface area contributed by atoms with Crippen LogP contribution in [0.5, 0.6) is 23.0 Å². The summed E-state index contributed by atoms with van der Waals surface area (Å²) in [4.78, 5) is 4.66. The van der Waals surface area contributed by atoms with Crippen molar-refractivity contribution >= 4 is 23.2 Å². The lowest BCUT2D eigenvalue weighted by Gasteiger charge is -2.26. The highest BCUT2D eigenvalue weighted by molar-refractivity contribution is 6.32. The summed E-state index contributed by atoms with van der Waals surface area (Å²) < 4.78 is 36.4. The zero-order valence-corrected chi connectivity index (χ0v) is 36.4. The molecule has 4 N–H and O–H groups in total. The summed E-state index contributed by atoms with van der Waals surface area (Å²) in [7, 11) is 0. The molecule has 326 valence electrons. The molecule has 0 unspecified atom stereocenters. The molecule has 12 nitrogen and oxygen atoms in total. The lowest BCUT2D eigenvalue weighted by Crippen LogP contribution is -2.38. The zero-order valence-electron chi connectivity index (χ0n) is 34.9. The minimum atomic E-state index is 0.0423. The van der Waals surface area contributed by atoms with E-state index in [-0.39, 0.29) is 13.2 Å². The Labute approximate surface area is 364 Å².